The van der Waals surface area contributed by atoms with Gasteiger partial charge in [0.15, 0.2) is 0 Å². The fourth-order valence-corrected chi connectivity index (χ4v) is 4.14. The van der Waals surface area contributed by atoms with Crippen molar-refractivity contribution in [1.29, 1.82) is 0 Å². The van der Waals surface area contributed by atoms with Gasteiger partial charge in [-0.15, -0.1) is 0 Å². The summed E-state index contributed by atoms with van der Waals surface area (Å²) in [6.45, 7) is 2.34. The third-order valence-electron chi connectivity index (χ3n) is 4.86. The van der Waals surface area contributed by atoms with Crippen molar-refractivity contribution in [3.63, 3.8) is 0 Å². The van der Waals surface area contributed by atoms with E-state index in [9.17, 15) is 22.8 Å². The molecule has 0 saturated carbocycles. The molecule has 12 heteroatoms. The summed E-state index contributed by atoms with van der Waals surface area (Å²) in [5, 5.41) is 3.35. The van der Waals surface area contributed by atoms with Gasteiger partial charge in [-0.1, -0.05) is 36.7 Å². The highest BCUT2D eigenvalue weighted by Crippen LogP contribution is 2.14. The minimum absolute atomic E-state index is 0.0889. The van der Waals surface area contributed by atoms with E-state index in [-0.39, 0.29) is 28.5 Å². The van der Waals surface area contributed by atoms with Crippen molar-refractivity contribution in [3.8, 4) is 5.88 Å². The van der Waals surface area contributed by atoms with Gasteiger partial charge >= 0.3 is 6.16 Å². The molecule has 0 radical (unpaired) electrons. The van der Waals surface area contributed by atoms with Crippen molar-refractivity contribution in [3.05, 3.63) is 88.6 Å². The number of carbonyl (C=O) groups excluding carboxylic acids is 3. The van der Waals surface area contributed by atoms with E-state index >= 15 is 0 Å². The summed E-state index contributed by atoms with van der Waals surface area (Å²) >= 11 is 5.86. The molecule has 0 aliphatic heterocycles. The molecule has 0 bridgehead atoms. The average molecular weight is 546 g/mol. The quantitative estimate of drug-likeness (QED) is 0.367. The van der Waals surface area contributed by atoms with Crippen LogP contribution in [0.15, 0.2) is 71.8 Å². The summed E-state index contributed by atoms with van der Waals surface area (Å²) in [6.07, 6.45) is 1.30. The number of carbonyl (C=O) groups is 3. The number of rotatable bonds is 10. The van der Waals surface area contributed by atoms with Gasteiger partial charge in [-0.3, -0.25) is 9.59 Å². The molecule has 0 aliphatic rings. The molecule has 3 aromatic rings. The van der Waals surface area contributed by atoms with Crippen LogP contribution in [-0.4, -0.2) is 44.5 Å². The molecule has 37 heavy (non-hydrogen) atoms. The molecular weight excluding hydrogens is 522 g/mol. The molecule has 0 fully saturated rings. The molecule has 0 unspecified atom stereocenters. The minimum Gasteiger partial charge on any atom is -0.434 e. The predicted molar refractivity (Wildman–Crippen MR) is 135 cm³/mol. The summed E-state index contributed by atoms with van der Waals surface area (Å²) in [7, 11) is -4.30. The number of ether oxygens (including phenoxy) is 2. The maximum atomic E-state index is 12.7. The molecule has 2 amide bonds. The van der Waals surface area contributed by atoms with Crippen molar-refractivity contribution < 1.29 is 32.3 Å². The highest BCUT2D eigenvalue weighted by atomic mass is 35.5. The molecule has 2 aromatic carbocycles. The van der Waals surface area contributed by atoms with Crippen molar-refractivity contribution >= 4 is 39.6 Å². The molecule has 0 atom stereocenters. The first kappa shape index (κ1) is 27.6. The SMILES string of the molecule is CCCOC(=O)Oc1ccc(C(=O)NS(=O)(=O)c2cccc(C(=O)NCCc3ccc(Cl)cc3)c2)cn1. The average Bonchev–Trinajstić information content (AvgIpc) is 2.88. The summed E-state index contributed by atoms with van der Waals surface area (Å²) < 4.78 is 37.0. The van der Waals surface area contributed by atoms with Crippen molar-refractivity contribution in [2.45, 2.75) is 24.7 Å². The largest absolute Gasteiger partial charge is 0.515 e. The number of amides is 2. The minimum atomic E-state index is -4.30. The zero-order valence-electron chi connectivity index (χ0n) is 19.8. The Balaban J connectivity index is 1.59. The van der Waals surface area contributed by atoms with E-state index in [2.05, 4.69) is 10.3 Å². The van der Waals surface area contributed by atoms with Gasteiger partial charge in [0.05, 0.1) is 17.1 Å². The highest BCUT2D eigenvalue weighted by molar-refractivity contribution is 7.90. The fourth-order valence-electron chi connectivity index (χ4n) is 2.99. The molecule has 1 aromatic heterocycles. The molecule has 194 valence electrons. The first-order valence-electron chi connectivity index (χ1n) is 11.2. The maximum absolute atomic E-state index is 12.7. The number of sulfonamides is 1. The van der Waals surface area contributed by atoms with E-state index in [1.165, 1.54) is 36.4 Å². The summed E-state index contributed by atoms with van der Waals surface area (Å²) in [6, 6.07) is 15.0. The van der Waals surface area contributed by atoms with Crippen LogP contribution in [0.5, 0.6) is 5.88 Å². The Kier molecular flexibility index (Phi) is 9.58. The van der Waals surface area contributed by atoms with Crippen LogP contribution < -0.4 is 14.8 Å². The van der Waals surface area contributed by atoms with Gasteiger partial charge in [0.1, 0.15) is 0 Å². The molecule has 0 spiro atoms. The maximum Gasteiger partial charge on any atom is 0.515 e. The van der Waals surface area contributed by atoms with Gasteiger partial charge in [0.2, 0.25) is 5.88 Å². The van der Waals surface area contributed by atoms with Gasteiger partial charge in [-0.05, 0) is 54.8 Å². The Bertz CT molecular complexity index is 1360. The zero-order valence-corrected chi connectivity index (χ0v) is 21.3. The van der Waals surface area contributed by atoms with E-state index in [0.717, 1.165) is 11.8 Å². The lowest BCUT2D eigenvalue weighted by molar-refractivity contribution is 0.0949. The standard InChI is InChI=1S/C25H24ClN3O7S/c1-2-14-35-25(32)36-22-11-8-19(16-28-22)24(31)29-37(33,34)21-5-3-4-18(15-21)23(30)27-13-12-17-6-9-20(26)10-7-17/h3-11,15-16H,2,12-14H2,1H3,(H,27,30)(H,29,31). The number of pyridine rings is 1. The van der Waals surface area contributed by atoms with Crippen LogP contribution in [-0.2, 0) is 21.2 Å². The second-order valence-corrected chi connectivity index (χ2v) is 9.80. The second-order valence-electron chi connectivity index (χ2n) is 7.68. The van der Waals surface area contributed by atoms with E-state index in [1.54, 1.807) is 12.1 Å². The van der Waals surface area contributed by atoms with E-state index < -0.39 is 28.0 Å². The van der Waals surface area contributed by atoms with E-state index in [1.807, 2.05) is 23.8 Å². The van der Waals surface area contributed by atoms with E-state index in [0.29, 0.717) is 24.4 Å². The van der Waals surface area contributed by atoms with Crippen LogP contribution >= 0.6 is 11.6 Å². The van der Waals surface area contributed by atoms with Gasteiger partial charge in [-0.2, -0.15) is 0 Å². The number of nitrogens with one attached hydrogen (secondary N) is 2. The van der Waals surface area contributed by atoms with Crippen LogP contribution in [0.2, 0.25) is 5.02 Å². The van der Waals surface area contributed by atoms with Crippen LogP contribution in [0.25, 0.3) is 0 Å². The molecule has 3 rings (SSSR count). The first-order valence-corrected chi connectivity index (χ1v) is 13.0. The Hall–Kier alpha value is -3.96. The fraction of sp³-hybridized carbons (Fsp3) is 0.200. The van der Waals surface area contributed by atoms with Gasteiger partial charge < -0.3 is 14.8 Å². The Morgan fingerprint density at radius 1 is 0.973 bits per heavy atom. The highest BCUT2D eigenvalue weighted by Gasteiger charge is 2.21. The number of halogens is 1. The van der Waals surface area contributed by atoms with Crippen molar-refractivity contribution in [2.24, 2.45) is 0 Å². The van der Waals surface area contributed by atoms with Crippen LogP contribution in [0.4, 0.5) is 4.79 Å². The van der Waals surface area contributed by atoms with Crippen molar-refractivity contribution in [1.82, 2.24) is 15.0 Å². The number of benzene rings is 2. The summed E-state index contributed by atoms with van der Waals surface area (Å²) in [5.74, 6) is -1.53. The molecule has 0 saturated heterocycles. The molecule has 2 N–H and O–H groups in total. The second kappa shape index (κ2) is 12.8. The molecular formula is C25H24ClN3O7S. The lowest BCUT2D eigenvalue weighted by Gasteiger charge is -2.10. The molecule has 10 nitrogen and oxygen atoms in total. The van der Waals surface area contributed by atoms with Gasteiger partial charge in [-0.25, -0.2) is 22.9 Å². The lowest BCUT2D eigenvalue weighted by Crippen LogP contribution is -2.31. The zero-order chi connectivity index (χ0) is 26.8. The van der Waals surface area contributed by atoms with E-state index in [4.69, 9.17) is 21.1 Å². The smallest absolute Gasteiger partial charge is 0.434 e. The molecule has 0 aliphatic carbocycles. The number of aromatic nitrogens is 1. The monoisotopic (exact) mass is 545 g/mol. The Morgan fingerprint density at radius 2 is 1.73 bits per heavy atom. The Labute approximate surface area is 219 Å². The predicted octanol–water partition coefficient (Wildman–Crippen LogP) is 3.75. The summed E-state index contributed by atoms with van der Waals surface area (Å²) in [4.78, 5) is 40.0. The van der Waals surface area contributed by atoms with Crippen LogP contribution in [0.1, 0.15) is 39.6 Å². The number of nitrogens with zero attached hydrogens (tertiary/aromatic N) is 1. The van der Waals surface area contributed by atoms with Gasteiger partial charge in [0, 0.05) is 29.4 Å². The van der Waals surface area contributed by atoms with Crippen LogP contribution in [0, 0.1) is 0 Å². The summed E-state index contributed by atoms with van der Waals surface area (Å²) in [5.41, 5.74) is 1.01. The first-order chi connectivity index (χ1) is 17.7. The lowest BCUT2D eigenvalue weighted by atomic mass is 10.1. The Morgan fingerprint density at radius 3 is 2.41 bits per heavy atom. The molecule has 1 heterocycles. The third kappa shape index (κ3) is 8.29. The van der Waals surface area contributed by atoms with Crippen molar-refractivity contribution in [2.75, 3.05) is 13.2 Å². The van der Waals surface area contributed by atoms with Gasteiger partial charge in [0.25, 0.3) is 21.8 Å². The number of hydrogen-bond acceptors (Lipinski definition) is 8. The number of hydrogen-bond donors (Lipinski definition) is 2. The third-order valence-corrected chi connectivity index (χ3v) is 6.44. The normalized spacial score (nSPS) is 10.9. The topological polar surface area (TPSA) is 141 Å². The van der Waals surface area contributed by atoms with Crippen LogP contribution in [0.3, 0.4) is 0 Å².